The third-order valence-corrected chi connectivity index (χ3v) is 4.61. The molecule has 0 aliphatic heterocycles. The van der Waals surface area contributed by atoms with E-state index in [-0.39, 0.29) is 17.7 Å². The second-order valence-electron chi connectivity index (χ2n) is 8.37. The van der Waals surface area contributed by atoms with Crippen LogP contribution in [0.15, 0.2) is 35.9 Å². The van der Waals surface area contributed by atoms with Gasteiger partial charge in [-0.3, -0.25) is 4.79 Å². The Bertz CT molecular complexity index is 911. The first kappa shape index (κ1) is 22.5. The molecule has 0 atom stereocenters. The van der Waals surface area contributed by atoms with E-state index in [1.165, 1.54) is 0 Å². The summed E-state index contributed by atoms with van der Waals surface area (Å²) in [5.41, 5.74) is 5.83. The second kappa shape index (κ2) is 9.64. The monoisotopic (exact) mass is 395 g/mol. The number of carbonyl (C=O) groups excluding carboxylic acids is 1. The van der Waals surface area contributed by atoms with Gasteiger partial charge in [-0.1, -0.05) is 32.0 Å². The summed E-state index contributed by atoms with van der Waals surface area (Å²) in [6.07, 6.45) is 1.92. The molecule has 156 valence electrons. The van der Waals surface area contributed by atoms with Gasteiger partial charge in [0.25, 0.3) is 0 Å². The second-order valence-corrected chi connectivity index (χ2v) is 8.37. The van der Waals surface area contributed by atoms with Gasteiger partial charge in [-0.2, -0.15) is 0 Å². The molecule has 0 aliphatic rings. The molecule has 2 aromatic carbocycles. The van der Waals surface area contributed by atoms with Crippen LogP contribution in [0, 0.1) is 19.8 Å². The molecular formula is C25H33NO3. The first-order valence-electron chi connectivity index (χ1n) is 10.1. The third kappa shape index (κ3) is 6.11. The van der Waals surface area contributed by atoms with E-state index < -0.39 is 0 Å². The Hall–Kier alpha value is -2.75. The van der Waals surface area contributed by atoms with Crippen molar-refractivity contribution in [3.8, 4) is 22.6 Å². The number of phenolic OH excluding ortho intramolecular Hbond substituents is 1. The van der Waals surface area contributed by atoms with Gasteiger partial charge in [0.15, 0.2) is 11.5 Å². The number of carbonyl (C=O) groups is 1. The van der Waals surface area contributed by atoms with Gasteiger partial charge in [-0.25, -0.2) is 0 Å². The summed E-state index contributed by atoms with van der Waals surface area (Å²) in [4.78, 5) is 12.2. The Morgan fingerprint density at radius 1 is 1.10 bits per heavy atom. The summed E-state index contributed by atoms with van der Waals surface area (Å²) in [6.45, 7) is 14.5. The minimum absolute atomic E-state index is 0.0527. The molecule has 0 saturated heterocycles. The molecule has 0 heterocycles. The van der Waals surface area contributed by atoms with Crippen LogP contribution in [0.4, 0.5) is 0 Å². The fourth-order valence-electron chi connectivity index (χ4n) is 3.04. The van der Waals surface area contributed by atoms with Crippen LogP contribution >= 0.6 is 0 Å². The zero-order valence-electron chi connectivity index (χ0n) is 18.6. The average molecular weight is 396 g/mol. The van der Waals surface area contributed by atoms with Crippen LogP contribution in [0.25, 0.3) is 17.2 Å². The molecule has 2 aromatic rings. The summed E-state index contributed by atoms with van der Waals surface area (Å²) in [6, 6.07) is 9.81. The van der Waals surface area contributed by atoms with Gasteiger partial charge < -0.3 is 15.2 Å². The van der Waals surface area contributed by atoms with Crippen LogP contribution in [-0.2, 0) is 4.79 Å². The van der Waals surface area contributed by atoms with Crippen molar-refractivity contribution in [2.45, 2.75) is 54.5 Å². The molecule has 1 amide bonds. The summed E-state index contributed by atoms with van der Waals surface area (Å²) in [7, 11) is 0. The van der Waals surface area contributed by atoms with Crippen molar-refractivity contribution in [3.63, 3.8) is 0 Å². The zero-order chi connectivity index (χ0) is 21.7. The van der Waals surface area contributed by atoms with E-state index >= 15 is 0 Å². The normalized spacial score (nSPS) is 11.8. The van der Waals surface area contributed by atoms with Crippen LogP contribution in [0.3, 0.4) is 0 Å². The maximum Gasteiger partial charge on any atom is 0.247 e. The molecule has 0 aromatic heterocycles. The zero-order valence-corrected chi connectivity index (χ0v) is 18.6. The SMILES string of the molecule is CC(=Cc1cc(C)c(-c2ccc(OCC(C)C)c(O)c2)cc1C)C(=O)NC(C)C. The summed E-state index contributed by atoms with van der Waals surface area (Å²) < 4.78 is 5.66. The Morgan fingerprint density at radius 2 is 1.79 bits per heavy atom. The topological polar surface area (TPSA) is 58.6 Å². The highest BCUT2D eigenvalue weighted by atomic mass is 16.5. The standard InChI is InChI=1S/C25H33NO3/c1-15(2)14-29-24-9-8-20(13-23(24)27)22-12-17(5)21(10-18(22)6)11-19(7)25(28)26-16(3)4/h8-13,15-16,27H,14H2,1-7H3,(H,26,28). The first-order valence-corrected chi connectivity index (χ1v) is 10.1. The number of hydrogen-bond acceptors (Lipinski definition) is 3. The highest BCUT2D eigenvalue weighted by molar-refractivity contribution is 5.97. The Labute approximate surface area is 174 Å². The number of benzene rings is 2. The van der Waals surface area contributed by atoms with Gasteiger partial charge in [0.1, 0.15) is 0 Å². The maximum atomic E-state index is 12.2. The van der Waals surface area contributed by atoms with Crippen molar-refractivity contribution in [3.05, 3.63) is 52.6 Å². The largest absolute Gasteiger partial charge is 0.504 e. The van der Waals surface area contributed by atoms with E-state index in [0.29, 0.717) is 23.8 Å². The fourth-order valence-corrected chi connectivity index (χ4v) is 3.04. The van der Waals surface area contributed by atoms with Crippen molar-refractivity contribution < 1.29 is 14.6 Å². The number of hydrogen-bond donors (Lipinski definition) is 2. The predicted octanol–water partition coefficient (Wildman–Crippen LogP) is 5.64. The molecular weight excluding hydrogens is 362 g/mol. The molecule has 0 unspecified atom stereocenters. The lowest BCUT2D eigenvalue weighted by atomic mass is 9.94. The quantitative estimate of drug-likeness (QED) is 0.597. The Kier molecular flexibility index (Phi) is 7.49. The van der Waals surface area contributed by atoms with Gasteiger partial charge in [0, 0.05) is 11.6 Å². The summed E-state index contributed by atoms with van der Waals surface area (Å²) >= 11 is 0. The molecule has 4 heteroatoms. The lowest BCUT2D eigenvalue weighted by molar-refractivity contribution is -0.117. The number of nitrogens with one attached hydrogen (secondary N) is 1. The maximum absolute atomic E-state index is 12.2. The van der Waals surface area contributed by atoms with E-state index in [2.05, 4.69) is 31.3 Å². The first-order chi connectivity index (χ1) is 13.6. The number of amides is 1. The van der Waals surface area contributed by atoms with Crippen LogP contribution in [0.5, 0.6) is 11.5 Å². The van der Waals surface area contributed by atoms with E-state index in [1.54, 1.807) is 6.07 Å². The van der Waals surface area contributed by atoms with E-state index in [0.717, 1.165) is 27.8 Å². The van der Waals surface area contributed by atoms with Crippen LogP contribution in [0.2, 0.25) is 0 Å². The van der Waals surface area contributed by atoms with Crippen molar-refractivity contribution in [1.82, 2.24) is 5.32 Å². The van der Waals surface area contributed by atoms with Crippen molar-refractivity contribution >= 4 is 12.0 Å². The van der Waals surface area contributed by atoms with Crippen molar-refractivity contribution in [2.75, 3.05) is 6.61 Å². The Morgan fingerprint density at radius 3 is 2.38 bits per heavy atom. The Balaban J connectivity index is 2.32. The van der Waals surface area contributed by atoms with Gasteiger partial charge in [-0.05, 0) is 86.6 Å². The smallest absolute Gasteiger partial charge is 0.247 e. The minimum atomic E-state index is -0.0527. The van der Waals surface area contributed by atoms with Crippen LogP contribution in [-0.4, -0.2) is 23.7 Å². The van der Waals surface area contributed by atoms with Gasteiger partial charge in [-0.15, -0.1) is 0 Å². The molecule has 0 saturated carbocycles. The number of aromatic hydroxyl groups is 1. The lowest BCUT2D eigenvalue weighted by Gasteiger charge is -2.14. The van der Waals surface area contributed by atoms with E-state index in [9.17, 15) is 9.90 Å². The highest BCUT2D eigenvalue weighted by Crippen LogP contribution is 2.34. The number of ether oxygens (including phenoxy) is 1. The molecule has 0 aliphatic carbocycles. The fraction of sp³-hybridized carbons (Fsp3) is 0.400. The number of rotatable bonds is 7. The number of phenols is 1. The summed E-state index contributed by atoms with van der Waals surface area (Å²) in [5.74, 6) is 0.988. The predicted molar refractivity (Wildman–Crippen MR) is 120 cm³/mol. The van der Waals surface area contributed by atoms with Crippen LogP contribution in [0.1, 0.15) is 51.3 Å². The lowest BCUT2D eigenvalue weighted by Crippen LogP contribution is -2.30. The van der Waals surface area contributed by atoms with Gasteiger partial charge in [0.2, 0.25) is 5.91 Å². The van der Waals surface area contributed by atoms with E-state index in [1.807, 2.05) is 52.8 Å². The van der Waals surface area contributed by atoms with Gasteiger partial charge >= 0.3 is 0 Å². The molecule has 4 nitrogen and oxygen atoms in total. The third-order valence-electron chi connectivity index (χ3n) is 4.61. The van der Waals surface area contributed by atoms with Gasteiger partial charge in [0.05, 0.1) is 6.61 Å². The molecule has 2 rings (SSSR count). The van der Waals surface area contributed by atoms with E-state index in [4.69, 9.17) is 4.74 Å². The van der Waals surface area contributed by atoms with Crippen molar-refractivity contribution in [2.24, 2.45) is 5.92 Å². The molecule has 0 spiro atoms. The highest BCUT2D eigenvalue weighted by Gasteiger charge is 2.11. The molecule has 0 fully saturated rings. The summed E-state index contributed by atoms with van der Waals surface area (Å²) in [5, 5.41) is 13.3. The number of aryl methyl sites for hydroxylation is 2. The van der Waals surface area contributed by atoms with Crippen LogP contribution < -0.4 is 10.1 Å². The average Bonchev–Trinajstić information content (AvgIpc) is 2.62. The molecule has 29 heavy (non-hydrogen) atoms. The molecule has 0 radical (unpaired) electrons. The van der Waals surface area contributed by atoms with Crippen molar-refractivity contribution in [1.29, 1.82) is 0 Å². The molecule has 2 N–H and O–H groups in total. The molecule has 0 bridgehead atoms. The minimum Gasteiger partial charge on any atom is -0.504 e.